The van der Waals surface area contributed by atoms with Crippen LogP contribution in [0.5, 0.6) is 0 Å². The molecule has 1 aromatic heterocycles. The molecule has 0 saturated heterocycles. The molecule has 0 amide bonds. The summed E-state index contributed by atoms with van der Waals surface area (Å²) in [5.74, 6) is -0.715. The number of nitrogens with one attached hydrogen (secondary N) is 2. The molecule has 0 saturated carbocycles. The molecule has 0 spiro atoms. The summed E-state index contributed by atoms with van der Waals surface area (Å²) in [5, 5.41) is 13.4. The van der Waals surface area contributed by atoms with Gasteiger partial charge in [-0.15, -0.1) is 5.10 Å². The number of halogens is 2. The summed E-state index contributed by atoms with van der Waals surface area (Å²) in [6, 6.07) is 9.64. The molecule has 5 nitrogen and oxygen atoms in total. The minimum atomic E-state index is -0.729. The minimum Gasteiger partial charge on any atom is -0.338 e. The van der Waals surface area contributed by atoms with Gasteiger partial charge in [0, 0.05) is 5.69 Å². The van der Waals surface area contributed by atoms with Gasteiger partial charge in [0.1, 0.15) is 17.3 Å². The SMILES string of the molecule is Cc1cccc(C(C)C)c1Nc1cnnc(Nc2c(F)cccc2F)n1. The molecule has 26 heavy (non-hydrogen) atoms. The molecule has 0 unspecified atom stereocenters. The Balaban J connectivity index is 1.90. The van der Waals surface area contributed by atoms with E-state index in [4.69, 9.17) is 0 Å². The van der Waals surface area contributed by atoms with E-state index in [0.717, 1.165) is 28.9 Å². The Kier molecular flexibility index (Phi) is 5.06. The van der Waals surface area contributed by atoms with Gasteiger partial charge in [0.05, 0.1) is 6.20 Å². The van der Waals surface area contributed by atoms with Crippen molar-refractivity contribution in [3.8, 4) is 0 Å². The van der Waals surface area contributed by atoms with Gasteiger partial charge in [-0.3, -0.25) is 0 Å². The fraction of sp³-hybridized carbons (Fsp3) is 0.211. The van der Waals surface area contributed by atoms with E-state index in [1.807, 2.05) is 25.1 Å². The molecule has 0 atom stereocenters. The minimum absolute atomic E-state index is 0.00122. The molecule has 0 radical (unpaired) electrons. The molecule has 0 aliphatic rings. The van der Waals surface area contributed by atoms with Crippen LogP contribution in [-0.2, 0) is 0 Å². The number of hydrogen-bond acceptors (Lipinski definition) is 5. The predicted molar refractivity (Wildman–Crippen MR) is 98.0 cm³/mol. The first-order valence-electron chi connectivity index (χ1n) is 8.23. The third-order valence-corrected chi connectivity index (χ3v) is 3.94. The van der Waals surface area contributed by atoms with Crippen molar-refractivity contribution in [2.75, 3.05) is 10.6 Å². The maximum absolute atomic E-state index is 13.8. The van der Waals surface area contributed by atoms with Gasteiger partial charge in [-0.05, 0) is 36.1 Å². The fourth-order valence-corrected chi connectivity index (χ4v) is 2.62. The molecule has 0 bridgehead atoms. The van der Waals surface area contributed by atoms with Crippen LogP contribution in [-0.4, -0.2) is 15.2 Å². The zero-order valence-corrected chi connectivity index (χ0v) is 14.7. The summed E-state index contributed by atoms with van der Waals surface area (Å²) in [7, 11) is 0. The Labute approximate surface area is 150 Å². The van der Waals surface area contributed by atoms with Crippen LogP contribution in [0.4, 0.5) is 31.9 Å². The van der Waals surface area contributed by atoms with E-state index in [2.05, 4.69) is 39.7 Å². The maximum atomic E-state index is 13.8. The van der Waals surface area contributed by atoms with Crippen LogP contribution < -0.4 is 10.6 Å². The van der Waals surface area contributed by atoms with E-state index in [1.54, 1.807) is 0 Å². The van der Waals surface area contributed by atoms with Crippen LogP contribution in [0, 0.1) is 18.6 Å². The van der Waals surface area contributed by atoms with Crippen LogP contribution in [0.25, 0.3) is 0 Å². The molecule has 2 N–H and O–H groups in total. The zero-order chi connectivity index (χ0) is 18.7. The highest BCUT2D eigenvalue weighted by molar-refractivity contribution is 5.66. The number of para-hydroxylation sites is 2. The van der Waals surface area contributed by atoms with Crippen molar-refractivity contribution in [2.24, 2.45) is 0 Å². The van der Waals surface area contributed by atoms with Gasteiger partial charge in [0.15, 0.2) is 5.82 Å². The number of aryl methyl sites for hydroxylation is 1. The highest BCUT2D eigenvalue weighted by Gasteiger charge is 2.13. The van der Waals surface area contributed by atoms with Gasteiger partial charge in [0.25, 0.3) is 0 Å². The molecular formula is C19H19F2N5. The summed E-state index contributed by atoms with van der Waals surface area (Å²) in [6.07, 6.45) is 1.46. The molecule has 0 fully saturated rings. The Hall–Kier alpha value is -3.09. The average Bonchev–Trinajstić information content (AvgIpc) is 2.60. The quantitative estimate of drug-likeness (QED) is 0.669. The molecule has 3 rings (SSSR count). The second kappa shape index (κ2) is 7.43. The second-order valence-corrected chi connectivity index (χ2v) is 6.21. The van der Waals surface area contributed by atoms with Crippen molar-refractivity contribution in [1.82, 2.24) is 15.2 Å². The lowest BCUT2D eigenvalue weighted by Crippen LogP contribution is -2.06. The van der Waals surface area contributed by atoms with E-state index in [9.17, 15) is 8.78 Å². The number of nitrogens with zero attached hydrogens (tertiary/aromatic N) is 3. The molecule has 0 aliphatic heterocycles. The molecule has 2 aromatic carbocycles. The summed E-state index contributed by atoms with van der Waals surface area (Å²) >= 11 is 0. The van der Waals surface area contributed by atoms with Crippen molar-refractivity contribution in [3.63, 3.8) is 0 Å². The first kappa shape index (κ1) is 17.7. The number of rotatable bonds is 5. The lowest BCUT2D eigenvalue weighted by atomic mass is 9.98. The largest absolute Gasteiger partial charge is 0.338 e. The van der Waals surface area contributed by atoms with E-state index in [-0.39, 0.29) is 11.6 Å². The van der Waals surface area contributed by atoms with Crippen molar-refractivity contribution in [3.05, 3.63) is 65.4 Å². The first-order chi connectivity index (χ1) is 12.5. The Morgan fingerprint density at radius 3 is 2.31 bits per heavy atom. The first-order valence-corrected chi connectivity index (χ1v) is 8.23. The smallest absolute Gasteiger partial charge is 0.249 e. The van der Waals surface area contributed by atoms with Gasteiger partial charge in [-0.2, -0.15) is 10.1 Å². The van der Waals surface area contributed by atoms with Gasteiger partial charge in [0.2, 0.25) is 5.95 Å². The normalized spacial score (nSPS) is 10.8. The highest BCUT2D eigenvalue weighted by Crippen LogP contribution is 2.30. The van der Waals surface area contributed by atoms with Crippen LogP contribution >= 0.6 is 0 Å². The van der Waals surface area contributed by atoms with Crippen LogP contribution in [0.3, 0.4) is 0 Å². The van der Waals surface area contributed by atoms with E-state index < -0.39 is 11.6 Å². The lowest BCUT2D eigenvalue weighted by molar-refractivity contribution is 0.590. The number of hydrogen-bond donors (Lipinski definition) is 2. The van der Waals surface area contributed by atoms with Gasteiger partial charge >= 0.3 is 0 Å². The van der Waals surface area contributed by atoms with E-state index in [0.29, 0.717) is 11.7 Å². The maximum Gasteiger partial charge on any atom is 0.249 e. The topological polar surface area (TPSA) is 62.7 Å². The third-order valence-electron chi connectivity index (χ3n) is 3.94. The Bertz CT molecular complexity index is 907. The fourth-order valence-electron chi connectivity index (χ4n) is 2.62. The molecule has 1 heterocycles. The van der Waals surface area contributed by atoms with Gasteiger partial charge < -0.3 is 10.6 Å². The lowest BCUT2D eigenvalue weighted by Gasteiger charge is -2.17. The van der Waals surface area contributed by atoms with Crippen molar-refractivity contribution in [1.29, 1.82) is 0 Å². The standard InChI is InChI=1S/C19H19F2N5/c1-11(2)13-7-4-6-12(3)17(13)23-16-10-22-26-19(24-16)25-18-14(20)8-5-9-15(18)21/h4-11H,1-3H3,(H2,23,24,25,26). The third kappa shape index (κ3) is 3.77. The summed E-state index contributed by atoms with van der Waals surface area (Å²) < 4.78 is 27.6. The summed E-state index contributed by atoms with van der Waals surface area (Å²) in [4.78, 5) is 4.26. The van der Waals surface area contributed by atoms with Crippen LogP contribution in [0.15, 0.2) is 42.6 Å². The predicted octanol–water partition coefficient (Wildman–Crippen LogP) is 5.07. The number of benzene rings is 2. The molecule has 7 heteroatoms. The molecular weight excluding hydrogens is 336 g/mol. The Morgan fingerprint density at radius 1 is 0.923 bits per heavy atom. The average molecular weight is 355 g/mol. The zero-order valence-electron chi connectivity index (χ0n) is 14.7. The van der Waals surface area contributed by atoms with Gasteiger partial charge in [-0.25, -0.2) is 8.78 Å². The Morgan fingerprint density at radius 2 is 1.62 bits per heavy atom. The monoisotopic (exact) mass is 355 g/mol. The number of anilines is 4. The van der Waals surface area contributed by atoms with Crippen LogP contribution in [0.2, 0.25) is 0 Å². The molecule has 0 aliphatic carbocycles. The van der Waals surface area contributed by atoms with Crippen molar-refractivity contribution >= 4 is 23.1 Å². The van der Waals surface area contributed by atoms with E-state index >= 15 is 0 Å². The summed E-state index contributed by atoms with van der Waals surface area (Å²) in [6.45, 7) is 6.20. The van der Waals surface area contributed by atoms with Gasteiger partial charge in [-0.1, -0.05) is 38.1 Å². The van der Waals surface area contributed by atoms with E-state index in [1.165, 1.54) is 12.3 Å². The van der Waals surface area contributed by atoms with Crippen LogP contribution in [0.1, 0.15) is 30.9 Å². The second-order valence-electron chi connectivity index (χ2n) is 6.21. The molecule has 134 valence electrons. The highest BCUT2D eigenvalue weighted by atomic mass is 19.1. The summed E-state index contributed by atoms with van der Waals surface area (Å²) in [5.41, 5.74) is 2.82. The van der Waals surface area contributed by atoms with Crippen molar-refractivity contribution in [2.45, 2.75) is 26.7 Å². The molecule has 3 aromatic rings. The van der Waals surface area contributed by atoms with Crippen molar-refractivity contribution < 1.29 is 8.78 Å². The number of aromatic nitrogens is 3.